The molecular weight excluding hydrogens is 382 g/mol. The van der Waals surface area contributed by atoms with Crippen LogP contribution in [0.25, 0.3) is 11.5 Å². The topological polar surface area (TPSA) is 98.1 Å². The van der Waals surface area contributed by atoms with Gasteiger partial charge in [0.1, 0.15) is 17.3 Å². The highest BCUT2D eigenvalue weighted by molar-refractivity contribution is 6.06. The molecular formula is C21H25N7O2. The highest BCUT2D eigenvalue weighted by Crippen LogP contribution is 2.28. The molecule has 9 heteroatoms. The van der Waals surface area contributed by atoms with E-state index in [4.69, 9.17) is 4.74 Å². The second-order valence-corrected chi connectivity index (χ2v) is 7.71. The molecule has 1 N–H and O–H groups in total. The van der Waals surface area contributed by atoms with Crippen LogP contribution in [0.2, 0.25) is 0 Å². The lowest BCUT2D eigenvalue weighted by Crippen LogP contribution is -2.27. The summed E-state index contributed by atoms with van der Waals surface area (Å²) in [5.41, 5.74) is 3.45. The van der Waals surface area contributed by atoms with Crippen molar-refractivity contribution < 1.29 is 9.53 Å². The lowest BCUT2D eigenvalue weighted by molar-refractivity contribution is 0.102. The van der Waals surface area contributed by atoms with E-state index in [1.807, 2.05) is 38.1 Å². The zero-order chi connectivity index (χ0) is 21.3. The third-order valence-corrected chi connectivity index (χ3v) is 5.17. The van der Waals surface area contributed by atoms with Crippen molar-refractivity contribution in [2.24, 2.45) is 0 Å². The van der Waals surface area contributed by atoms with Crippen LogP contribution in [0.5, 0.6) is 5.75 Å². The van der Waals surface area contributed by atoms with Gasteiger partial charge in [0, 0.05) is 13.1 Å². The molecule has 1 aliphatic rings. The maximum absolute atomic E-state index is 13.0. The molecule has 9 nitrogen and oxygen atoms in total. The van der Waals surface area contributed by atoms with Crippen LogP contribution in [-0.2, 0) is 13.0 Å². The molecule has 1 aliphatic heterocycles. The summed E-state index contributed by atoms with van der Waals surface area (Å²) >= 11 is 0. The van der Waals surface area contributed by atoms with Crippen molar-refractivity contribution in [3.05, 3.63) is 47.0 Å². The number of carbonyl (C=O) groups is 1. The third kappa shape index (κ3) is 3.88. The van der Waals surface area contributed by atoms with Crippen LogP contribution in [-0.4, -0.2) is 56.7 Å². The number of rotatable bonds is 5. The number of hydrogen-bond donors (Lipinski definition) is 1. The average molecular weight is 407 g/mol. The van der Waals surface area contributed by atoms with Gasteiger partial charge >= 0.3 is 0 Å². The number of methoxy groups -OCH3 is 1. The second-order valence-electron chi connectivity index (χ2n) is 7.71. The Hall–Kier alpha value is -3.33. The van der Waals surface area contributed by atoms with E-state index in [1.54, 1.807) is 17.9 Å². The largest absolute Gasteiger partial charge is 0.496 e. The predicted octanol–water partition coefficient (Wildman–Crippen LogP) is 2.56. The van der Waals surface area contributed by atoms with E-state index < -0.39 is 0 Å². The van der Waals surface area contributed by atoms with Crippen molar-refractivity contribution in [1.82, 2.24) is 30.1 Å². The quantitative estimate of drug-likeness (QED) is 0.694. The Bertz CT molecular complexity index is 1080. The molecule has 1 aromatic carbocycles. The van der Waals surface area contributed by atoms with Crippen LogP contribution in [0, 0.1) is 0 Å². The minimum atomic E-state index is -0.268. The maximum atomic E-state index is 13.0. The average Bonchev–Trinajstić information content (AvgIpc) is 3.23. The van der Waals surface area contributed by atoms with E-state index in [1.165, 1.54) is 5.56 Å². The molecule has 0 aliphatic carbocycles. The van der Waals surface area contributed by atoms with Gasteiger partial charge in [-0.25, -0.2) is 9.67 Å². The monoisotopic (exact) mass is 407 g/mol. The van der Waals surface area contributed by atoms with Gasteiger partial charge in [-0.05, 0) is 73.1 Å². The number of anilines is 1. The van der Waals surface area contributed by atoms with Gasteiger partial charge in [-0.3, -0.25) is 4.79 Å². The van der Waals surface area contributed by atoms with E-state index in [0.29, 0.717) is 28.6 Å². The molecule has 0 saturated heterocycles. The van der Waals surface area contributed by atoms with Crippen LogP contribution >= 0.6 is 0 Å². The molecule has 0 unspecified atom stereocenters. The number of hydrogen-bond acceptors (Lipinski definition) is 7. The predicted molar refractivity (Wildman–Crippen MR) is 112 cm³/mol. The Labute approximate surface area is 175 Å². The van der Waals surface area contributed by atoms with Crippen molar-refractivity contribution in [2.45, 2.75) is 32.9 Å². The van der Waals surface area contributed by atoms with E-state index in [2.05, 4.69) is 37.8 Å². The summed E-state index contributed by atoms with van der Waals surface area (Å²) in [5, 5.41) is 14.7. The molecule has 3 heterocycles. The van der Waals surface area contributed by atoms with Crippen molar-refractivity contribution in [3.63, 3.8) is 0 Å². The number of fused-ring (bicyclic) bond motifs is 1. The molecule has 0 spiro atoms. The van der Waals surface area contributed by atoms with Crippen molar-refractivity contribution in [2.75, 3.05) is 26.0 Å². The molecule has 4 rings (SSSR count). The molecule has 30 heavy (non-hydrogen) atoms. The fraction of sp³-hybridized carbons (Fsp3) is 0.381. The molecule has 0 atom stereocenters. The Kier molecular flexibility index (Phi) is 5.45. The van der Waals surface area contributed by atoms with E-state index in [0.717, 1.165) is 25.1 Å². The maximum Gasteiger partial charge on any atom is 0.260 e. The number of carbonyl (C=O) groups excluding carboxylic acids is 1. The Balaban J connectivity index is 1.62. The van der Waals surface area contributed by atoms with Crippen LogP contribution < -0.4 is 10.1 Å². The summed E-state index contributed by atoms with van der Waals surface area (Å²) in [7, 11) is 3.66. The minimum absolute atomic E-state index is 0.0907. The summed E-state index contributed by atoms with van der Waals surface area (Å²) in [5.74, 6) is 1.27. The molecule has 1 amide bonds. The second kappa shape index (κ2) is 8.19. The van der Waals surface area contributed by atoms with Gasteiger partial charge in [-0.15, -0.1) is 5.10 Å². The highest BCUT2D eigenvalue weighted by atomic mass is 16.5. The number of nitrogens with one attached hydrogen (secondary N) is 1. The lowest BCUT2D eigenvalue weighted by atomic mass is 9.96. The molecule has 156 valence electrons. The molecule has 0 fully saturated rings. The fourth-order valence-electron chi connectivity index (χ4n) is 3.60. The van der Waals surface area contributed by atoms with Crippen LogP contribution in [0.4, 0.5) is 5.82 Å². The van der Waals surface area contributed by atoms with Gasteiger partial charge in [-0.1, -0.05) is 6.07 Å². The fourth-order valence-corrected chi connectivity index (χ4v) is 3.60. The Morgan fingerprint density at radius 1 is 1.23 bits per heavy atom. The molecule has 2 aromatic heterocycles. The number of ether oxygens (including phenoxy) is 1. The third-order valence-electron chi connectivity index (χ3n) is 5.17. The van der Waals surface area contributed by atoms with Gasteiger partial charge in [-0.2, -0.15) is 0 Å². The number of benzene rings is 1. The van der Waals surface area contributed by atoms with Gasteiger partial charge in [0.05, 0.1) is 18.7 Å². The van der Waals surface area contributed by atoms with Gasteiger partial charge in [0.15, 0.2) is 0 Å². The van der Waals surface area contributed by atoms with Gasteiger partial charge < -0.3 is 15.0 Å². The number of likely N-dealkylation sites (N-methyl/N-ethyl adjacent to an activating group) is 1. The normalized spacial score (nSPS) is 13.9. The molecule has 3 aromatic rings. The number of tetrazole rings is 1. The smallest absolute Gasteiger partial charge is 0.260 e. The summed E-state index contributed by atoms with van der Waals surface area (Å²) < 4.78 is 7.19. The number of nitrogens with zero attached hydrogens (tertiary/aromatic N) is 6. The van der Waals surface area contributed by atoms with E-state index in [-0.39, 0.29) is 11.9 Å². The van der Waals surface area contributed by atoms with Crippen molar-refractivity contribution >= 4 is 11.7 Å². The van der Waals surface area contributed by atoms with Crippen LogP contribution in [0.15, 0.2) is 30.3 Å². The highest BCUT2D eigenvalue weighted by Gasteiger charge is 2.21. The van der Waals surface area contributed by atoms with E-state index >= 15 is 0 Å². The van der Waals surface area contributed by atoms with Gasteiger partial charge in [0.2, 0.25) is 5.82 Å². The van der Waals surface area contributed by atoms with Crippen LogP contribution in [0.3, 0.4) is 0 Å². The van der Waals surface area contributed by atoms with Gasteiger partial charge in [0.25, 0.3) is 5.91 Å². The first-order chi connectivity index (χ1) is 14.5. The molecule has 0 saturated carbocycles. The SMILES string of the molecule is COc1cc2c(cc1C(=O)Nc1cccc(-c3nnnn3C(C)C)n1)CN(C)CC2. The number of amides is 1. The van der Waals surface area contributed by atoms with Crippen molar-refractivity contribution in [1.29, 1.82) is 0 Å². The Morgan fingerprint density at radius 3 is 2.83 bits per heavy atom. The van der Waals surface area contributed by atoms with Crippen LogP contribution in [0.1, 0.15) is 41.4 Å². The van der Waals surface area contributed by atoms with E-state index in [9.17, 15) is 4.79 Å². The number of pyridine rings is 1. The summed E-state index contributed by atoms with van der Waals surface area (Å²) in [6.45, 7) is 5.79. The zero-order valence-electron chi connectivity index (χ0n) is 17.6. The first-order valence-electron chi connectivity index (χ1n) is 9.91. The first-order valence-corrected chi connectivity index (χ1v) is 9.91. The number of aromatic nitrogens is 5. The van der Waals surface area contributed by atoms with Crippen molar-refractivity contribution in [3.8, 4) is 17.3 Å². The summed E-state index contributed by atoms with van der Waals surface area (Å²) in [6.07, 6.45) is 0.943. The zero-order valence-corrected chi connectivity index (χ0v) is 17.6. The summed E-state index contributed by atoms with van der Waals surface area (Å²) in [6, 6.07) is 9.35. The standard InChI is InChI=1S/C21H25N7O2/c1-13(2)28-20(24-25-26-28)17-6-5-7-19(22-17)23-21(29)16-10-15-12-27(3)9-8-14(15)11-18(16)30-4/h5-7,10-11,13H,8-9,12H2,1-4H3,(H,22,23,29). The first kappa shape index (κ1) is 20.0. The lowest BCUT2D eigenvalue weighted by Gasteiger charge is -2.26. The summed E-state index contributed by atoms with van der Waals surface area (Å²) in [4.78, 5) is 19.8. The molecule has 0 radical (unpaired) electrons. The minimum Gasteiger partial charge on any atom is -0.496 e. The molecule has 0 bridgehead atoms. The Morgan fingerprint density at radius 2 is 2.07 bits per heavy atom.